The Kier molecular flexibility index (Phi) is 3.74. The van der Waals surface area contributed by atoms with Crippen LogP contribution in [0.4, 0.5) is 11.4 Å². The van der Waals surface area contributed by atoms with Crippen LogP contribution in [0.2, 0.25) is 0 Å². The average molecular weight is 286 g/mol. The second-order valence-electron chi connectivity index (χ2n) is 4.76. The largest absolute Gasteiger partial charge is 0.377 e. The Morgan fingerprint density at radius 3 is 2.90 bits per heavy atom. The molecule has 21 heavy (non-hydrogen) atoms. The van der Waals surface area contributed by atoms with Crippen LogP contribution in [0, 0.1) is 10.1 Å². The summed E-state index contributed by atoms with van der Waals surface area (Å²) in [5, 5.41) is 22.1. The molecule has 0 bridgehead atoms. The molecular formula is C14H14N4O3. The Morgan fingerprint density at radius 2 is 2.29 bits per heavy atom. The fraction of sp³-hybridized carbons (Fsp3) is 0.286. The molecule has 0 saturated carbocycles. The van der Waals surface area contributed by atoms with Crippen LogP contribution in [0.25, 0.3) is 11.3 Å². The molecule has 0 radical (unpaired) electrons. The molecule has 1 aliphatic heterocycles. The van der Waals surface area contributed by atoms with Crippen LogP contribution in [0.5, 0.6) is 0 Å². The molecule has 3 rings (SSSR count). The molecule has 7 nitrogen and oxygen atoms in total. The average Bonchev–Trinajstić information content (AvgIpc) is 2.46. The molecule has 2 aromatic rings. The lowest BCUT2D eigenvalue weighted by molar-refractivity contribution is -0.383. The van der Waals surface area contributed by atoms with E-state index < -0.39 is 4.92 Å². The van der Waals surface area contributed by atoms with Crippen LogP contribution >= 0.6 is 0 Å². The third kappa shape index (κ3) is 2.97. The standard InChI is InChI=1S/C14H14N4O3/c19-18(20)14-8-10(12-2-1-6-16-17-12)3-4-13(14)15-9-11-5-7-21-11/h1-4,6,8,11,15H,5,7,9H2/t11-/m0/s1. The highest BCUT2D eigenvalue weighted by atomic mass is 16.6. The number of nitrogens with zero attached hydrogens (tertiary/aromatic N) is 3. The van der Waals surface area contributed by atoms with Crippen molar-refractivity contribution in [1.29, 1.82) is 0 Å². The van der Waals surface area contributed by atoms with Crippen LogP contribution in [-0.4, -0.2) is 34.4 Å². The minimum atomic E-state index is -0.399. The third-order valence-corrected chi connectivity index (χ3v) is 3.38. The topological polar surface area (TPSA) is 90.2 Å². The van der Waals surface area contributed by atoms with Gasteiger partial charge in [0.05, 0.1) is 16.7 Å². The fourth-order valence-corrected chi connectivity index (χ4v) is 2.12. The number of benzene rings is 1. The van der Waals surface area contributed by atoms with Gasteiger partial charge in [0.2, 0.25) is 0 Å². The molecule has 1 aliphatic rings. The molecule has 1 N–H and O–H groups in total. The summed E-state index contributed by atoms with van der Waals surface area (Å²) in [5.74, 6) is 0. The van der Waals surface area contributed by atoms with Crippen molar-refractivity contribution in [3.8, 4) is 11.3 Å². The van der Waals surface area contributed by atoms with Gasteiger partial charge in [-0.15, -0.1) is 0 Å². The van der Waals surface area contributed by atoms with E-state index in [0.29, 0.717) is 23.5 Å². The minimum Gasteiger partial charge on any atom is -0.377 e. The van der Waals surface area contributed by atoms with E-state index in [1.165, 1.54) is 6.07 Å². The lowest BCUT2D eigenvalue weighted by Crippen LogP contribution is -2.33. The molecule has 2 heterocycles. The van der Waals surface area contributed by atoms with E-state index in [1.807, 2.05) is 0 Å². The summed E-state index contributed by atoms with van der Waals surface area (Å²) in [6.07, 6.45) is 2.69. The predicted octanol–water partition coefficient (Wildman–Crippen LogP) is 2.25. The summed E-state index contributed by atoms with van der Waals surface area (Å²) in [5.41, 5.74) is 1.79. The van der Waals surface area contributed by atoms with Gasteiger partial charge in [0, 0.05) is 31.0 Å². The van der Waals surface area contributed by atoms with Gasteiger partial charge in [-0.2, -0.15) is 10.2 Å². The van der Waals surface area contributed by atoms with Crippen molar-refractivity contribution in [2.45, 2.75) is 12.5 Å². The maximum Gasteiger partial charge on any atom is 0.292 e. The van der Waals surface area contributed by atoms with Crippen LogP contribution < -0.4 is 5.32 Å². The number of nitro groups is 1. The summed E-state index contributed by atoms with van der Waals surface area (Å²) in [6.45, 7) is 1.34. The zero-order valence-electron chi connectivity index (χ0n) is 11.2. The minimum absolute atomic E-state index is 0.0254. The highest BCUT2D eigenvalue weighted by Gasteiger charge is 2.20. The van der Waals surface area contributed by atoms with Crippen LogP contribution in [0.1, 0.15) is 6.42 Å². The van der Waals surface area contributed by atoms with Gasteiger partial charge in [-0.3, -0.25) is 10.1 Å². The Labute approximate surface area is 121 Å². The van der Waals surface area contributed by atoms with Crippen molar-refractivity contribution < 1.29 is 9.66 Å². The van der Waals surface area contributed by atoms with Crippen molar-refractivity contribution in [2.24, 2.45) is 0 Å². The second-order valence-corrected chi connectivity index (χ2v) is 4.76. The van der Waals surface area contributed by atoms with Crippen molar-refractivity contribution >= 4 is 11.4 Å². The number of anilines is 1. The lowest BCUT2D eigenvalue weighted by Gasteiger charge is -2.26. The van der Waals surface area contributed by atoms with Gasteiger partial charge in [-0.05, 0) is 24.6 Å². The highest BCUT2D eigenvalue weighted by molar-refractivity contribution is 5.71. The van der Waals surface area contributed by atoms with E-state index in [1.54, 1.807) is 30.5 Å². The van der Waals surface area contributed by atoms with E-state index in [2.05, 4.69) is 15.5 Å². The predicted molar refractivity (Wildman–Crippen MR) is 77.0 cm³/mol. The maximum absolute atomic E-state index is 11.2. The van der Waals surface area contributed by atoms with Gasteiger partial charge < -0.3 is 10.1 Å². The summed E-state index contributed by atoms with van der Waals surface area (Å²) >= 11 is 0. The first-order valence-electron chi connectivity index (χ1n) is 6.66. The molecule has 0 spiro atoms. The molecule has 1 aromatic carbocycles. The summed E-state index contributed by atoms with van der Waals surface area (Å²) in [6, 6.07) is 8.51. The molecule has 0 aliphatic carbocycles. The van der Waals surface area contributed by atoms with E-state index in [4.69, 9.17) is 4.74 Å². The molecule has 1 aromatic heterocycles. The molecule has 0 unspecified atom stereocenters. The monoisotopic (exact) mass is 286 g/mol. The molecule has 0 amide bonds. The highest BCUT2D eigenvalue weighted by Crippen LogP contribution is 2.30. The lowest BCUT2D eigenvalue weighted by atomic mass is 10.1. The normalized spacial score (nSPS) is 17.0. The summed E-state index contributed by atoms with van der Waals surface area (Å²) < 4.78 is 5.30. The second kappa shape index (κ2) is 5.84. The number of aromatic nitrogens is 2. The number of rotatable bonds is 5. The first-order valence-corrected chi connectivity index (χ1v) is 6.66. The zero-order valence-corrected chi connectivity index (χ0v) is 11.2. The number of hydrogen-bond donors (Lipinski definition) is 1. The van der Waals surface area contributed by atoms with Gasteiger partial charge in [0.25, 0.3) is 5.69 Å². The molecule has 7 heteroatoms. The van der Waals surface area contributed by atoms with Gasteiger partial charge >= 0.3 is 0 Å². The Morgan fingerprint density at radius 1 is 1.43 bits per heavy atom. The van der Waals surface area contributed by atoms with Crippen LogP contribution in [0.15, 0.2) is 36.5 Å². The smallest absolute Gasteiger partial charge is 0.292 e. The number of ether oxygens (including phenoxy) is 1. The molecule has 1 atom stereocenters. The van der Waals surface area contributed by atoms with E-state index >= 15 is 0 Å². The van der Waals surface area contributed by atoms with Crippen molar-refractivity contribution in [2.75, 3.05) is 18.5 Å². The number of hydrogen-bond acceptors (Lipinski definition) is 6. The number of nitro benzene ring substituents is 1. The van der Waals surface area contributed by atoms with Gasteiger partial charge in [0.15, 0.2) is 0 Å². The molecule has 1 saturated heterocycles. The van der Waals surface area contributed by atoms with Crippen molar-refractivity contribution in [3.63, 3.8) is 0 Å². The molecule has 1 fully saturated rings. The zero-order chi connectivity index (χ0) is 14.7. The van der Waals surface area contributed by atoms with Gasteiger partial charge in [-0.1, -0.05) is 6.07 Å². The third-order valence-electron chi connectivity index (χ3n) is 3.38. The van der Waals surface area contributed by atoms with Crippen LogP contribution in [0.3, 0.4) is 0 Å². The first kappa shape index (κ1) is 13.4. The van der Waals surface area contributed by atoms with E-state index in [-0.39, 0.29) is 11.8 Å². The van der Waals surface area contributed by atoms with Gasteiger partial charge in [0.1, 0.15) is 5.69 Å². The summed E-state index contributed by atoms with van der Waals surface area (Å²) in [4.78, 5) is 10.8. The molecular weight excluding hydrogens is 272 g/mol. The maximum atomic E-state index is 11.2. The van der Waals surface area contributed by atoms with E-state index in [0.717, 1.165) is 13.0 Å². The van der Waals surface area contributed by atoms with Crippen molar-refractivity contribution in [3.05, 3.63) is 46.6 Å². The Balaban J connectivity index is 1.85. The van der Waals surface area contributed by atoms with Crippen LogP contribution in [-0.2, 0) is 4.74 Å². The van der Waals surface area contributed by atoms with Crippen molar-refractivity contribution in [1.82, 2.24) is 10.2 Å². The van der Waals surface area contributed by atoms with Gasteiger partial charge in [-0.25, -0.2) is 0 Å². The SMILES string of the molecule is O=[N+]([O-])c1cc(-c2cccnn2)ccc1NC[C@@H]1CCO1. The Hall–Kier alpha value is -2.54. The number of nitrogens with one attached hydrogen (secondary N) is 1. The molecule has 108 valence electrons. The van der Waals surface area contributed by atoms with E-state index in [9.17, 15) is 10.1 Å². The first-order chi connectivity index (χ1) is 10.2. The Bertz CT molecular complexity index is 644. The quantitative estimate of drug-likeness (QED) is 0.669. The fourth-order valence-electron chi connectivity index (χ4n) is 2.12. The summed E-state index contributed by atoms with van der Waals surface area (Å²) in [7, 11) is 0.